The molecule has 4 heteroatoms. The quantitative estimate of drug-likeness (QED) is 0.763. The molecule has 3 nitrogen and oxygen atoms in total. The van der Waals surface area contributed by atoms with Gasteiger partial charge in [-0.25, -0.2) is 4.98 Å². The Morgan fingerprint density at radius 2 is 2.00 bits per heavy atom. The zero-order valence-electron chi connectivity index (χ0n) is 10.5. The van der Waals surface area contributed by atoms with Gasteiger partial charge in [-0.3, -0.25) is 4.40 Å². The van der Waals surface area contributed by atoms with Crippen LogP contribution < -0.4 is 5.73 Å². The van der Waals surface area contributed by atoms with Crippen LogP contribution in [0.15, 0.2) is 30.5 Å². The Kier molecular flexibility index (Phi) is 2.59. The Morgan fingerprint density at radius 3 is 2.61 bits per heavy atom. The molecule has 3 rings (SSSR count). The van der Waals surface area contributed by atoms with Gasteiger partial charge in [-0.05, 0) is 18.9 Å². The minimum atomic E-state index is 0.721. The SMILES string of the molecule is CCc1ccc(-c2nc3sc(C)cn3c2N)cc1. The lowest BCUT2D eigenvalue weighted by molar-refractivity contribution is 1.14. The summed E-state index contributed by atoms with van der Waals surface area (Å²) in [5, 5.41) is 0. The average molecular weight is 257 g/mol. The normalized spacial score (nSPS) is 11.2. The predicted molar refractivity (Wildman–Crippen MR) is 77.0 cm³/mol. The van der Waals surface area contributed by atoms with Gasteiger partial charge in [0.25, 0.3) is 0 Å². The van der Waals surface area contributed by atoms with Crippen LogP contribution in [-0.4, -0.2) is 9.38 Å². The van der Waals surface area contributed by atoms with Gasteiger partial charge < -0.3 is 5.73 Å². The van der Waals surface area contributed by atoms with Crippen molar-refractivity contribution in [2.45, 2.75) is 20.3 Å². The van der Waals surface area contributed by atoms with Crippen molar-refractivity contribution in [1.82, 2.24) is 9.38 Å². The Hall–Kier alpha value is -1.81. The van der Waals surface area contributed by atoms with E-state index >= 15 is 0 Å². The molecule has 0 amide bonds. The van der Waals surface area contributed by atoms with Crippen molar-refractivity contribution in [2.75, 3.05) is 5.73 Å². The minimum absolute atomic E-state index is 0.721. The largest absolute Gasteiger partial charge is 0.383 e. The first kappa shape index (κ1) is 11.3. The van der Waals surface area contributed by atoms with Gasteiger partial charge in [0.2, 0.25) is 0 Å². The fourth-order valence-electron chi connectivity index (χ4n) is 2.08. The molecule has 18 heavy (non-hydrogen) atoms. The van der Waals surface area contributed by atoms with Crippen LogP contribution in [0.3, 0.4) is 0 Å². The van der Waals surface area contributed by atoms with E-state index in [-0.39, 0.29) is 0 Å². The summed E-state index contributed by atoms with van der Waals surface area (Å²) in [6.07, 6.45) is 3.08. The third-order valence-electron chi connectivity index (χ3n) is 3.11. The maximum atomic E-state index is 6.16. The first-order valence-corrected chi connectivity index (χ1v) is 6.84. The number of fused-ring (bicyclic) bond motifs is 1. The van der Waals surface area contributed by atoms with Crippen molar-refractivity contribution in [3.8, 4) is 11.3 Å². The van der Waals surface area contributed by atoms with Crippen LogP contribution in [0.25, 0.3) is 16.2 Å². The van der Waals surface area contributed by atoms with Gasteiger partial charge >= 0.3 is 0 Å². The van der Waals surface area contributed by atoms with Crippen molar-refractivity contribution in [2.24, 2.45) is 0 Å². The molecule has 0 aliphatic heterocycles. The summed E-state index contributed by atoms with van der Waals surface area (Å²) in [6, 6.07) is 8.45. The van der Waals surface area contributed by atoms with Gasteiger partial charge in [0, 0.05) is 16.6 Å². The van der Waals surface area contributed by atoms with E-state index in [9.17, 15) is 0 Å². The number of thiazole rings is 1. The van der Waals surface area contributed by atoms with Crippen LogP contribution in [0.1, 0.15) is 17.4 Å². The monoisotopic (exact) mass is 257 g/mol. The smallest absolute Gasteiger partial charge is 0.196 e. The molecule has 2 aromatic heterocycles. The molecule has 0 bridgehead atoms. The number of nitrogens with zero attached hydrogens (tertiary/aromatic N) is 2. The Labute approximate surface area is 110 Å². The maximum absolute atomic E-state index is 6.16. The van der Waals surface area contributed by atoms with Gasteiger partial charge in [-0.15, -0.1) is 11.3 Å². The van der Waals surface area contributed by atoms with Crippen molar-refractivity contribution in [1.29, 1.82) is 0 Å². The van der Waals surface area contributed by atoms with Gasteiger partial charge in [0.05, 0.1) is 0 Å². The molecule has 0 fully saturated rings. The van der Waals surface area contributed by atoms with E-state index in [1.807, 2.05) is 10.6 Å². The molecule has 3 aromatic rings. The second kappa shape index (κ2) is 4.14. The van der Waals surface area contributed by atoms with Crippen molar-refractivity contribution >= 4 is 22.1 Å². The standard InChI is InChI=1S/C14H15N3S/c1-3-10-4-6-11(7-5-10)12-13(15)17-8-9(2)18-14(17)16-12/h4-8H,3,15H2,1-2H3. The number of benzene rings is 1. The number of nitrogen functional groups attached to an aromatic ring is 1. The highest BCUT2D eigenvalue weighted by molar-refractivity contribution is 7.17. The van der Waals surface area contributed by atoms with Crippen LogP contribution in [0, 0.1) is 6.92 Å². The minimum Gasteiger partial charge on any atom is -0.383 e. The molecule has 0 unspecified atom stereocenters. The van der Waals surface area contributed by atoms with Crippen LogP contribution in [0.4, 0.5) is 5.82 Å². The molecule has 0 radical (unpaired) electrons. The van der Waals surface area contributed by atoms with Crippen LogP contribution >= 0.6 is 11.3 Å². The molecule has 92 valence electrons. The number of rotatable bonds is 2. The molecule has 0 saturated carbocycles. The molecule has 2 heterocycles. The number of hydrogen-bond donors (Lipinski definition) is 1. The average Bonchev–Trinajstić information content (AvgIpc) is 2.88. The summed E-state index contributed by atoms with van der Waals surface area (Å²) >= 11 is 1.66. The third-order valence-corrected chi connectivity index (χ3v) is 4.01. The molecule has 0 aliphatic rings. The molecule has 0 saturated heterocycles. The highest BCUT2D eigenvalue weighted by Crippen LogP contribution is 2.29. The van der Waals surface area contributed by atoms with Crippen LogP contribution in [0.2, 0.25) is 0 Å². The highest BCUT2D eigenvalue weighted by atomic mass is 32.1. The molecular weight excluding hydrogens is 242 g/mol. The molecule has 0 atom stereocenters. The zero-order valence-corrected chi connectivity index (χ0v) is 11.3. The van der Waals surface area contributed by atoms with Gasteiger partial charge in [0.15, 0.2) is 4.96 Å². The zero-order chi connectivity index (χ0) is 12.7. The lowest BCUT2D eigenvalue weighted by Gasteiger charge is -2.01. The summed E-state index contributed by atoms with van der Waals surface area (Å²) in [5.74, 6) is 0.721. The number of nitrogens with two attached hydrogens (primary N) is 1. The highest BCUT2D eigenvalue weighted by Gasteiger charge is 2.12. The Balaban J connectivity index is 2.12. The maximum Gasteiger partial charge on any atom is 0.196 e. The lowest BCUT2D eigenvalue weighted by Crippen LogP contribution is -1.92. The van der Waals surface area contributed by atoms with E-state index in [2.05, 4.69) is 43.1 Å². The van der Waals surface area contributed by atoms with E-state index in [0.29, 0.717) is 0 Å². The number of anilines is 1. The van der Waals surface area contributed by atoms with Crippen LogP contribution in [-0.2, 0) is 6.42 Å². The summed E-state index contributed by atoms with van der Waals surface area (Å²) < 4.78 is 1.96. The molecule has 0 aliphatic carbocycles. The lowest BCUT2D eigenvalue weighted by atomic mass is 10.1. The number of aryl methyl sites for hydroxylation is 2. The summed E-state index contributed by atoms with van der Waals surface area (Å²) in [5.41, 5.74) is 9.45. The fourth-order valence-corrected chi connectivity index (χ4v) is 2.92. The predicted octanol–water partition coefficient (Wildman–Crippen LogP) is 3.52. The Morgan fingerprint density at radius 1 is 1.28 bits per heavy atom. The molecular formula is C14H15N3S. The molecule has 1 aromatic carbocycles. The van der Waals surface area contributed by atoms with Crippen molar-refractivity contribution in [3.05, 3.63) is 40.9 Å². The topological polar surface area (TPSA) is 43.3 Å². The van der Waals surface area contributed by atoms with E-state index in [0.717, 1.165) is 28.5 Å². The van der Waals surface area contributed by atoms with Crippen molar-refractivity contribution in [3.63, 3.8) is 0 Å². The first-order valence-electron chi connectivity index (χ1n) is 6.02. The van der Waals surface area contributed by atoms with E-state index in [1.165, 1.54) is 10.4 Å². The summed E-state index contributed by atoms with van der Waals surface area (Å²) in [6.45, 7) is 4.22. The number of aromatic nitrogens is 2. The van der Waals surface area contributed by atoms with Crippen molar-refractivity contribution < 1.29 is 0 Å². The summed E-state index contributed by atoms with van der Waals surface area (Å²) in [7, 11) is 0. The fraction of sp³-hybridized carbons (Fsp3) is 0.214. The second-order valence-corrected chi connectivity index (χ2v) is 5.60. The third kappa shape index (κ3) is 1.69. The molecule has 0 spiro atoms. The van der Waals surface area contributed by atoms with E-state index in [1.54, 1.807) is 11.3 Å². The van der Waals surface area contributed by atoms with E-state index < -0.39 is 0 Å². The van der Waals surface area contributed by atoms with Crippen LogP contribution in [0.5, 0.6) is 0 Å². The summed E-state index contributed by atoms with van der Waals surface area (Å²) in [4.78, 5) is 6.79. The second-order valence-electron chi connectivity index (χ2n) is 4.39. The molecule has 2 N–H and O–H groups in total. The van der Waals surface area contributed by atoms with Gasteiger partial charge in [0.1, 0.15) is 11.5 Å². The number of hydrogen-bond acceptors (Lipinski definition) is 3. The Bertz CT molecular complexity index is 692. The first-order chi connectivity index (χ1) is 8.69. The van der Waals surface area contributed by atoms with E-state index in [4.69, 9.17) is 5.73 Å². The van der Waals surface area contributed by atoms with Gasteiger partial charge in [-0.1, -0.05) is 31.2 Å². The van der Waals surface area contributed by atoms with Gasteiger partial charge in [-0.2, -0.15) is 0 Å². The number of imidazole rings is 1.